The van der Waals surface area contributed by atoms with E-state index in [1.807, 2.05) is 0 Å². The van der Waals surface area contributed by atoms with Crippen LogP contribution in [0.15, 0.2) is 15.0 Å². The average Bonchev–Trinajstić information content (AvgIpc) is 1.99. The van der Waals surface area contributed by atoms with Crippen molar-refractivity contribution in [2.45, 2.75) is 0 Å². The highest BCUT2D eigenvalue weighted by Gasteiger charge is 1.99. The van der Waals surface area contributed by atoms with Crippen molar-refractivity contribution in [1.82, 2.24) is 20.1 Å². The molecule has 1 aromatic rings. The molecule has 8 heteroatoms. The van der Waals surface area contributed by atoms with Crippen LogP contribution in [0.5, 0.6) is 0 Å². The van der Waals surface area contributed by atoms with Gasteiger partial charge in [-0.3, -0.25) is 0 Å². The minimum atomic E-state index is -0.720. The van der Waals surface area contributed by atoms with Crippen LogP contribution in [-0.4, -0.2) is 27.1 Å². The maximum Gasteiger partial charge on any atom is 0.389 e. The highest BCUT2D eigenvalue weighted by Crippen LogP contribution is 1.96. The summed E-state index contributed by atoms with van der Waals surface area (Å²) in [7, 11) is 1.42. The van der Waals surface area contributed by atoms with Gasteiger partial charge in [0.1, 0.15) is 0 Å². The first kappa shape index (κ1) is 7.25. The zero-order valence-electron chi connectivity index (χ0n) is 5.67. The quantitative estimate of drug-likeness (QED) is 0.390. The Bertz CT molecular complexity index is 327. The number of hydrogen-bond donors (Lipinski definition) is 1. The lowest BCUT2D eigenvalue weighted by Crippen LogP contribution is -2.30. The number of nitrogens with two attached hydrogens (primary N) is 1. The summed E-state index contributed by atoms with van der Waals surface area (Å²) in [6, 6.07) is 0. The number of hydrogen-bond acceptors (Lipinski definition) is 7. The predicted molar refractivity (Wildman–Crippen MR) is 34.7 cm³/mol. The predicted octanol–water partition coefficient (Wildman–Crippen LogP) is -1.54. The van der Waals surface area contributed by atoms with Gasteiger partial charge in [-0.25, -0.2) is 4.79 Å². The largest absolute Gasteiger partial charge is 0.389 e. The van der Waals surface area contributed by atoms with Crippen LogP contribution in [0.3, 0.4) is 0 Å². The van der Waals surface area contributed by atoms with Crippen molar-refractivity contribution in [2.24, 2.45) is 10.2 Å². The molecule has 0 saturated heterocycles. The van der Waals surface area contributed by atoms with Crippen LogP contribution >= 0.6 is 0 Å². The highest BCUT2D eigenvalue weighted by atomic mass is 16.2. The lowest BCUT2D eigenvalue weighted by atomic mass is 11.0. The van der Waals surface area contributed by atoms with E-state index in [-0.39, 0.29) is 5.95 Å². The fraction of sp³-hybridized carbons (Fsp3) is 0.333. The van der Waals surface area contributed by atoms with Crippen molar-refractivity contribution in [2.75, 3.05) is 12.9 Å². The molecule has 1 rings (SSSR count). The Morgan fingerprint density at radius 3 is 2.91 bits per heavy atom. The first-order valence-corrected chi connectivity index (χ1v) is 2.63. The first-order chi connectivity index (χ1) is 5.25. The molecule has 0 aliphatic heterocycles. The average molecular weight is 155 g/mol. The highest BCUT2D eigenvalue weighted by molar-refractivity contribution is 5.08. The van der Waals surface area contributed by atoms with Gasteiger partial charge in [0.05, 0.1) is 0 Å². The van der Waals surface area contributed by atoms with Gasteiger partial charge in [-0.1, -0.05) is 10.2 Å². The second kappa shape index (κ2) is 2.82. The van der Waals surface area contributed by atoms with Gasteiger partial charge >= 0.3 is 5.69 Å². The van der Waals surface area contributed by atoms with Gasteiger partial charge in [-0.15, -0.1) is 5.11 Å². The van der Waals surface area contributed by atoms with Crippen molar-refractivity contribution in [3.05, 3.63) is 10.5 Å². The third-order valence-corrected chi connectivity index (χ3v) is 0.875. The van der Waals surface area contributed by atoms with Crippen LogP contribution in [-0.2, 0) is 0 Å². The fourth-order valence-electron chi connectivity index (χ4n) is 0.440. The molecule has 0 aliphatic rings. The second-order valence-electron chi connectivity index (χ2n) is 1.54. The molecule has 0 unspecified atom stereocenters. The van der Waals surface area contributed by atoms with Gasteiger partial charge in [0.25, 0.3) is 5.95 Å². The lowest BCUT2D eigenvalue weighted by molar-refractivity contribution is 0.706. The molecule has 8 nitrogen and oxygen atoms in total. The molecule has 0 saturated carbocycles. The molecule has 0 radical (unpaired) electrons. The van der Waals surface area contributed by atoms with E-state index in [1.165, 1.54) is 7.05 Å². The van der Waals surface area contributed by atoms with Crippen molar-refractivity contribution >= 4 is 5.95 Å². The van der Waals surface area contributed by atoms with E-state index in [1.54, 1.807) is 0 Å². The van der Waals surface area contributed by atoms with Gasteiger partial charge in [0.2, 0.25) is 0 Å². The molecule has 0 aliphatic carbocycles. The topological polar surface area (TPSA) is 111 Å². The molecule has 58 valence electrons. The molecule has 0 spiro atoms. The van der Waals surface area contributed by atoms with Crippen LogP contribution in [0.1, 0.15) is 0 Å². The molecule has 0 amide bonds. The number of rotatable bonds is 1. The summed E-state index contributed by atoms with van der Waals surface area (Å²) < 4.78 is 0.653. The minimum Gasteiger partial charge on any atom is -0.332 e. The Morgan fingerprint density at radius 1 is 1.55 bits per heavy atom. The summed E-state index contributed by atoms with van der Waals surface area (Å²) in [5.41, 5.74) is -0.720. The Hall–Kier alpha value is -1.86. The van der Waals surface area contributed by atoms with Gasteiger partial charge in [-0.05, 0) is 5.21 Å². The smallest absolute Gasteiger partial charge is 0.332 e. The summed E-state index contributed by atoms with van der Waals surface area (Å²) in [4.78, 5) is 10.6. The maximum absolute atomic E-state index is 10.6. The Morgan fingerprint density at radius 2 is 2.27 bits per heavy atom. The molecule has 0 atom stereocenters. The third-order valence-electron chi connectivity index (χ3n) is 0.875. The maximum atomic E-state index is 10.6. The van der Waals surface area contributed by atoms with Crippen LogP contribution in [0.4, 0.5) is 5.95 Å². The number of azo groups is 1. The van der Waals surface area contributed by atoms with Gasteiger partial charge < -0.3 is 5.84 Å². The van der Waals surface area contributed by atoms with Crippen LogP contribution in [0.2, 0.25) is 0 Å². The molecule has 2 N–H and O–H groups in total. The van der Waals surface area contributed by atoms with Gasteiger partial charge in [0, 0.05) is 7.05 Å². The monoisotopic (exact) mass is 155 g/mol. The zero-order chi connectivity index (χ0) is 8.27. The molecule has 11 heavy (non-hydrogen) atoms. The molecule has 0 bridgehead atoms. The van der Waals surface area contributed by atoms with Crippen molar-refractivity contribution < 1.29 is 0 Å². The van der Waals surface area contributed by atoms with E-state index in [0.29, 0.717) is 4.68 Å². The minimum absolute atomic E-state index is 0.0764. The number of aromatic nitrogens is 4. The van der Waals surface area contributed by atoms with Gasteiger partial charge in [0.15, 0.2) is 0 Å². The summed E-state index contributed by atoms with van der Waals surface area (Å²) in [5, 5.41) is 16.3. The Labute approximate surface area is 60.7 Å². The zero-order valence-corrected chi connectivity index (χ0v) is 5.67. The summed E-state index contributed by atoms with van der Waals surface area (Å²) in [5.74, 6) is 5.08. The Balaban J connectivity index is 3.27. The van der Waals surface area contributed by atoms with Crippen molar-refractivity contribution in [3.8, 4) is 0 Å². The van der Waals surface area contributed by atoms with Crippen LogP contribution < -0.4 is 11.5 Å². The number of nitrogens with zero attached hydrogens (tertiary/aromatic N) is 6. The summed E-state index contributed by atoms with van der Waals surface area (Å²) >= 11 is 0. The third kappa shape index (κ3) is 1.34. The summed E-state index contributed by atoms with van der Waals surface area (Å²) in [6.45, 7) is 0. The van der Waals surface area contributed by atoms with Crippen molar-refractivity contribution in [3.63, 3.8) is 0 Å². The SMILES string of the molecule is C/N=N\c1nnnc(=O)n1N. The molecule has 1 aromatic heterocycles. The number of nitrogen functional groups attached to an aromatic ring is 1. The first-order valence-electron chi connectivity index (χ1n) is 2.63. The molecule has 0 aromatic carbocycles. The fourth-order valence-corrected chi connectivity index (χ4v) is 0.440. The second-order valence-corrected chi connectivity index (χ2v) is 1.54. The molecule has 0 fully saturated rings. The van der Waals surface area contributed by atoms with E-state index in [2.05, 4.69) is 25.6 Å². The van der Waals surface area contributed by atoms with Gasteiger partial charge in [-0.2, -0.15) is 9.79 Å². The summed E-state index contributed by atoms with van der Waals surface area (Å²) in [6.07, 6.45) is 0. The van der Waals surface area contributed by atoms with E-state index in [0.717, 1.165) is 0 Å². The van der Waals surface area contributed by atoms with E-state index in [4.69, 9.17) is 5.84 Å². The normalized spacial score (nSPS) is 10.6. The molecule has 1 heterocycles. The van der Waals surface area contributed by atoms with E-state index in [9.17, 15) is 4.79 Å². The molecular formula is C3H5N7O. The van der Waals surface area contributed by atoms with Crippen LogP contribution in [0, 0.1) is 0 Å². The molecular weight excluding hydrogens is 150 g/mol. The van der Waals surface area contributed by atoms with E-state index < -0.39 is 5.69 Å². The lowest BCUT2D eigenvalue weighted by Gasteiger charge is -1.94. The van der Waals surface area contributed by atoms with Crippen molar-refractivity contribution in [1.29, 1.82) is 0 Å². The Kier molecular flexibility index (Phi) is 1.86. The van der Waals surface area contributed by atoms with Crippen LogP contribution in [0.25, 0.3) is 0 Å². The standard InChI is InChI=1S/C3H5N7O/c1-5-6-2-7-9-8-3(11)10(2)4/h4H2,1H3/b6-5-. The van der Waals surface area contributed by atoms with E-state index >= 15 is 0 Å².